The number of hydrogen-bond donors (Lipinski definition) is 0. The molecule has 4 nitrogen and oxygen atoms in total. The van der Waals surface area contributed by atoms with Crippen molar-refractivity contribution in [2.75, 3.05) is 20.1 Å². The molecule has 4 heteroatoms. The first-order valence-electron chi connectivity index (χ1n) is 5.81. The molecule has 1 aliphatic rings. The summed E-state index contributed by atoms with van der Waals surface area (Å²) in [6, 6.07) is 0. The third-order valence-corrected chi connectivity index (χ3v) is 2.57. The van der Waals surface area contributed by atoms with Crippen LogP contribution in [0.2, 0.25) is 0 Å². The van der Waals surface area contributed by atoms with Gasteiger partial charge in [-0.15, -0.1) is 0 Å². The van der Waals surface area contributed by atoms with Crippen molar-refractivity contribution in [3.63, 3.8) is 0 Å². The molecule has 0 aromatic heterocycles. The SMILES string of the molecule is CC(C)C(=O)C(=NC1=NCCN1C)C(C)C. The minimum Gasteiger partial charge on any atom is -0.342 e. The molecular formula is C12H21N3O. The molecule has 0 saturated carbocycles. The van der Waals surface area contributed by atoms with Crippen molar-refractivity contribution in [3.05, 3.63) is 0 Å². The number of carbonyl (C=O) groups excluding carboxylic acids is 1. The number of aliphatic imine (C=N–C) groups is 2. The minimum atomic E-state index is -0.00606. The minimum absolute atomic E-state index is 0.00606. The molecule has 0 spiro atoms. The maximum Gasteiger partial charge on any atom is 0.220 e. The highest BCUT2D eigenvalue weighted by Crippen LogP contribution is 2.08. The molecular weight excluding hydrogens is 202 g/mol. The van der Waals surface area contributed by atoms with E-state index >= 15 is 0 Å². The molecule has 0 fully saturated rings. The summed E-state index contributed by atoms with van der Waals surface area (Å²) < 4.78 is 0. The maximum absolute atomic E-state index is 12.0. The average Bonchev–Trinajstić information content (AvgIpc) is 2.59. The highest BCUT2D eigenvalue weighted by molar-refractivity contribution is 6.42. The van der Waals surface area contributed by atoms with Gasteiger partial charge in [0.2, 0.25) is 5.96 Å². The van der Waals surface area contributed by atoms with Crippen LogP contribution >= 0.6 is 0 Å². The van der Waals surface area contributed by atoms with Gasteiger partial charge in [-0.05, 0) is 5.92 Å². The zero-order valence-electron chi connectivity index (χ0n) is 10.8. The zero-order valence-corrected chi connectivity index (χ0v) is 10.8. The van der Waals surface area contributed by atoms with Gasteiger partial charge in [-0.25, -0.2) is 9.98 Å². The van der Waals surface area contributed by atoms with Crippen molar-refractivity contribution >= 4 is 17.5 Å². The molecule has 0 N–H and O–H groups in total. The predicted octanol–water partition coefficient (Wildman–Crippen LogP) is 1.61. The number of guanidine groups is 1. The fourth-order valence-electron chi connectivity index (χ4n) is 1.51. The third kappa shape index (κ3) is 2.90. The van der Waals surface area contributed by atoms with Crippen molar-refractivity contribution < 1.29 is 4.79 Å². The van der Waals surface area contributed by atoms with Gasteiger partial charge in [0, 0.05) is 19.5 Å². The Balaban J connectivity index is 2.94. The Hall–Kier alpha value is -1.19. The summed E-state index contributed by atoms with van der Waals surface area (Å²) in [4.78, 5) is 22.7. The van der Waals surface area contributed by atoms with Gasteiger partial charge in [0.15, 0.2) is 5.78 Å². The molecule has 0 aromatic carbocycles. The quantitative estimate of drug-likeness (QED) is 0.682. The van der Waals surface area contributed by atoms with E-state index < -0.39 is 0 Å². The molecule has 0 radical (unpaired) electrons. The summed E-state index contributed by atoms with van der Waals surface area (Å²) in [6.45, 7) is 9.46. The Bertz CT molecular complexity index is 329. The van der Waals surface area contributed by atoms with Crippen LogP contribution in [-0.4, -0.2) is 42.5 Å². The summed E-state index contributed by atoms with van der Waals surface area (Å²) in [6.07, 6.45) is 0. The molecule has 0 atom stereocenters. The van der Waals surface area contributed by atoms with Gasteiger partial charge < -0.3 is 4.90 Å². The topological polar surface area (TPSA) is 45.0 Å². The number of carbonyl (C=O) groups is 1. The first-order valence-corrected chi connectivity index (χ1v) is 5.81. The maximum atomic E-state index is 12.0. The Morgan fingerprint density at radius 3 is 2.31 bits per heavy atom. The number of hydrogen-bond acceptors (Lipinski definition) is 4. The molecule has 1 heterocycles. The second-order valence-electron chi connectivity index (χ2n) is 4.77. The van der Waals surface area contributed by atoms with E-state index in [2.05, 4.69) is 9.98 Å². The standard InChI is InChI=1S/C12H21N3O/c1-8(2)10(11(16)9(3)4)14-12-13-6-7-15(12)5/h8-9H,6-7H2,1-5H3. The van der Waals surface area contributed by atoms with Gasteiger partial charge in [0.1, 0.15) is 0 Å². The van der Waals surface area contributed by atoms with E-state index in [1.54, 1.807) is 0 Å². The van der Waals surface area contributed by atoms with Crippen molar-refractivity contribution in [3.8, 4) is 0 Å². The fourth-order valence-corrected chi connectivity index (χ4v) is 1.51. The van der Waals surface area contributed by atoms with E-state index in [9.17, 15) is 4.79 Å². The summed E-state index contributed by atoms with van der Waals surface area (Å²) in [5.41, 5.74) is 0.641. The lowest BCUT2D eigenvalue weighted by molar-refractivity contribution is -0.115. The first-order chi connectivity index (χ1) is 7.43. The number of rotatable bonds is 3. The lowest BCUT2D eigenvalue weighted by atomic mass is 9.96. The lowest BCUT2D eigenvalue weighted by Crippen LogP contribution is -2.29. The van der Waals surface area contributed by atoms with Gasteiger partial charge in [-0.1, -0.05) is 27.7 Å². The Morgan fingerprint density at radius 2 is 1.94 bits per heavy atom. The Kier molecular flexibility index (Phi) is 4.21. The van der Waals surface area contributed by atoms with Gasteiger partial charge in [-0.3, -0.25) is 4.79 Å². The van der Waals surface area contributed by atoms with Crippen LogP contribution in [0.4, 0.5) is 0 Å². The van der Waals surface area contributed by atoms with E-state index in [1.807, 2.05) is 39.6 Å². The van der Waals surface area contributed by atoms with Crippen molar-refractivity contribution in [1.29, 1.82) is 0 Å². The van der Waals surface area contributed by atoms with Crippen LogP contribution in [0.1, 0.15) is 27.7 Å². The van der Waals surface area contributed by atoms with Crippen molar-refractivity contribution in [2.24, 2.45) is 21.8 Å². The average molecular weight is 223 g/mol. The molecule has 0 aliphatic carbocycles. The van der Waals surface area contributed by atoms with Crippen molar-refractivity contribution in [2.45, 2.75) is 27.7 Å². The first kappa shape index (κ1) is 12.9. The highest BCUT2D eigenvalue weighted by Gasteiger charge is 2.21. The monoisotopic (exact) mass is 223 g/mol. The van der Waals surface area contributed by atoms with E-state index in [-0.39, 0.29) is 17.6 Å². The van der Waals surface area contributed by atoms with Crippen LogP contribution in [0.5, 0.6) is 0 Å². The summed E-state index contributed by atoms with van der Waals surface area (Å²) in [5, 5.41) is 0. The number of nitrogens with zero attached hydrogens (tertiary/aromatic N) is 3. The van der Waals surface area contributed by atoms with Crippen LogP contribution in [-0.2, 0) is 4.79 Å². The van der Waals surface area contributed by atoms with E-state index in [0.717, 1.165) is 13.1 Å². The van der Waals surface area contributed by atoms with Crippen LogP contribution in [0, 0.1) is 11.8 Å². The molecule has 0 aromatic rings. The molecule has 90 valence electrons. The van der Waals surface area contributed by atoms with Crippen molar-refractivity contribution in [1.82, 2.24) is 4.90 Å². The second-order valence-corrected chi connectivity index (χ2v) is 4.77. The van der Waals surface area contributed by atoms with Gasteiger partial charge >= 0.3 is 0 Å². The molecule has 1 aliphatic heterocycles. The van der Waals surface area contributed by atoms with E-state index in [0.29, 0.717) is 11.7 Å². The largest absolute Gasteiger partial charge is 0.342 e. The smallest absolute Gasteiger partial charge is 0.220 e. The molecule has 16 heavy (non-hydrogen) atoms. The summed E-state index contributed by atoms with van der Waals surface area (Å²) in [7, 11) is 1.95. The van der Waals surface area contributed by atoms with Gasteiger partial charge in [0.05, 0.1) is 12.3 Å². The highest BCUT2D eigenvalue weighted by atomic mass is 16.1. The zero-order chi connectivity index (χ0) is 12.3. The van der Waals surface area contributed by atoms with Gasteiger partial charge in [-0.2, -0.15) is 0 Å². The summed E-state index contributed by atoms with van der Waals surface area (Å²) >= 11 is 0. The molecule has 0 saturated heterocycles. The number of likely N-dealkylation sites (N-methyl/N-ethyl adjacent to an activating group) is 1. The van der Waals surface area contributed by atoms with E-state index in [4.69, 9.17) is 0 Å². The van der Waals surface area contributed by atoms with Gasteiger partial charge in [0.25, 0.3) is 0 Å². The van der Waals surface area contributed by atoms with E-state index in [1.165, 1.54) is 0 Å². The van der Waals surface area contributed by atoms with Crippen LogP contribution in [0.25, 0.3) is 0 Å². The van der Waals surface area contributed by atoms with Crippen LogP contribution in [0.15, 0.2) is 9.98 Å². The number of Topliss-reactive ketones (excluding diaryl/α,β-unsaturated/α-hetero) is 1. The summed E-state index contributed by atoms with van der Waals surface area (Å²) in [5.74, 6) is 0.954. The normalized spacial score (nSPS) is 17.3. The molecule has 1 rings (SSSR count). The van der Waals surface area contributed by atoms with Crippen LogP contribution in [0.3, 0.4) is 0 Å². The molecule has 0 amide bonds. The molecule has 0 bridgehead atoms. The number of ketones is 1. The van der Waals surface area contributed by atoms with Crippen LogP contribution < -0.4 is 0 Å². The fraction of sp³-hybridized carbons (Fsp3) is 0.750. The second kappa shape index (κ2) is 5.23. The third-order valence-electron chi connectivity index (χ3n) is 2.57. The Labute approximate surface area is 97.5 Å². The molecule has 0 unspecified atom stereocenters. The predicted molar refractivity (Wildman–Crippen MR) is 67.1 cm³/mol. The Morgan fingerprint density at radius 1 is 1.31 bits per heavy atom. The lowest BCUT2D eigenvalue weighted by Gasteiger charge is -2.14.